The van der Waals surface area contributed by atoms with E-state index in [-0.39, 0.29) is 5.91 Å². The summed E-state index contributed by atoms with van der Waals surface area (Å²) in [6.07, 6.45) is 0.879. The van der Waals surface area contributed by atoms with Crippen molar-refractivity contribution < 1.29 is 4.79 Å². The number of thiophene rings is 1. The van der Waals surface area contributed by atoms with Crippen molar-refractivity contribution >= 4 is 51.2 Å². The van der Waals surface area contributed by atoms with Gasteiger partial charge in [-0.15, -0.1) is 22.7 Å². The second-order valence-corrected chi connectivity index (χ2v) is 6.87. The predicted molar refractivity (Wildman–Crippen MR) is 75.2 cm³/mol. The van der Waals surface area contributed by atoms with Crippen LogP contribution in [0.3, 0.4) is 0 Å². The number of nitrogens with one attached hydrogen (secondary N) is 1. The number of aromatic nitrogens is 1. The van der Waals surface area contributed by atoms with Crippen molar-refractivity contribution in [2.75, 3.05) is 6.54 Å². The van der Waals surface area contributed by atoms with Gasteiger partial charge in [0.1, 0.15) is 5.69 Å². The molecule has 1 amide bonds. The summed E-state index contributed by atoms with van der Waals surface area (Å²) in [4.78, 5) is 16.8. The molecule has 0 radical (unpaired) electrons. The van der Waals surface area contributed by atoms with Gasteiger partial charge < -0.3 is 5.32 Å². The van der Waals surface area contributed by atoms with Gasteiger partial charge in [0.2, 0.25) is 0 Å². The van der Waals surface area contributed by atoms with Crippen LogP contribution >= 0.6 is 45.3 Å². The Morgan fingerprint density at radius 1 is 1.50 bits per heavy atom. The molecule has 0 aromatic carbocycles. The molecule has 3 nitrogen and oxygen atoms in total. The Balaban J connectivity index is 1.78. The first kappa shape index (κ1) is 12.0. The van der Waals surface area contributed by atoms with Crippen LogP contribution in [-0.4, -0.2) is 17.4 Å². The highest BCUT2D eigenvalue weighted by molar-refractivity contribution is 14.1. The molecular weight excluding hydrogens is 355 g/mol. The van der Waals surface area contributed by atoms with Gasteiger partial charge in [-0.3, -0.25) is 4.79 Å². The fourth-order valence-electron chi connectivity index (χ4n) is 1.20. The van der Waals surface area contributed by atoms with Gasteiger partial charge in [-0.1, -0.05) is 0 Å². The van der Waals surface area contributed by atoms with E-state index < -0.39 is 0 Å². The molecule has 0 fully saturated rings. The number of carbonyl (C=O) groups is 1. The quantitative estimate of drug-likeness (QED) is 0.848. The number of hydrogen-bond acceptors (Lipinski definition) is 4. The highest BCUT2D eigenvalue weighted by Crippen LogP contribution is 2.18. The fourth-order valence-corrected chi connectivity index (χ4v) is 3.49. The van der Waals surface area contributed by atoms with E-state index in [0.717, 1.165) is 6.42 Å². The van der Waals surface area contributed by atoms with Crippen LogP contribution < -0.4 is 5.32 Å². The Labute approximate surface area is 115 Å². The first-order valence-electron chi connectivity index (χ1n) is 4.66. The zero-order valence-corrected chi connectivity index (χ0v) is 12.1. The second kappa shape index (κ2) is 5.74. The Bertz CT molecular complexity index is 467. The highest BCUT2D eigenvalue weighted by atomic mass is 127. The van der Waals surface area contributed by atoms with E-state index in [1.807, 2.05) is 0 Å². The van der Waals surface area contributed by atoms with Crippen molar-refractivity contribution in [1.82, 2.24) is 10.3 Å². The number of nitrogens with zero attached hydrogens (tertiary/aromatic N) is 1. The van der Waals surface area contributed by atoms with Crippen molar-refractivity contribution in [2.45, 2.75) is 6.42 Å². The van der Waals surface area contributed by atoms with Crippen LogP contribution in [0.25, 0.3) is 0 Å². The topological polar surface area (TPSA) is 42.0 Å². The van der Waals surface area contributed by atoms with Gasteiger partial charge in [0.15, 0.2) is 0 Å². The lowest BCUT2D eigenvalue weighted by molar-refractivity contribution is 0.0950. The second-order valence-electron chi connectivity index (χ2n) is 3.09. The van der Waals surface area contributed by atoms with Crippen LogP contribution in [0.4, 0.5) is 0 Å². The Hall–Kier alpha value is -0.470. The summed E-state index contributed by atoms with van der Waals surface area (Å²) in [6.45, 7) is 0.660. The number of thiazole rings is 1. The number of hydrogen-bond donors (Lipinski definition) is 1. The van der Waals surface area contributed by atoms with E-state index in [1.54, 1.807) is 22.2 Å². The molecule has 0 unspecified atom stereocenters. The molecule has 2 rings (SSSR count). The minimum absolute atomic E-state index is 0.0903. The predicted octanol–water partition coefficient (Wildman–Crippen LogP) is 2.78. The molecule has 0 aliphatic carbocycles. The van der Waals surface area contributed by atoms with Crippen molar-refractivity contribution in [3.8, 4) is 0 Å². The molecule has 2 heterocycles. The van der Waals surface area contributed by atoms with E-state index in [1.165, 1.54) is 19.1 Å². The van der Waals surface area contributed by atoms with E-state index in [4.69, 9.17) is 0 Å². The lowest BCUT2D eigenvalue weighted by atomic mass is 10.3. The molecule has 0 spiro atoms. The molecule has 0 aliphatic heterocycles. The van der Waals surface area contributed by atoms with Crippen molar-refractivity contribution in [3.63, 3.8) is 0 Å². The zero-order valence-electron chi connectivity index (χ0n) is 8.27. The maximum atomic E-state index is 11.5. The van der Waals surface area contributed by atoms with Crippen LogP contribution in [0.1, 0.15) is 15.4 Å². The van der Waals surface area contributed by atoms with Gasteiger partial charge >= 0.3 is 0 Å². The van der Waals surface area contributed by atoms with E-state index in [2.05, 4.69) is 45.0 Å². The smallest absolute Gasteiger partial charge is 0.270 e. The minimum Gasteiger partial charge on any atom is -0.350 e. The first-order valence-corrected chi connectivity index (χ1v) is 7.50. The van der Waals surface area contributed by atoms with Crippen molar-refractivity contribution in [1.29, 1.82) is 0 Å². The number of amides is 1. The molecule has 1 N–H and O–H groups in total. The van der Waals surface area contributed by atoms with Crippen LogP contribution in [0.2, 0.25) is 0 Å². The average Bonchev–Trinajstić information content (AvgIpc) is 2.89. The van der Waals surface area contributed by atoms with Gasteiger partial charge in [0.25, 0.3) is 5.91 Å². The minimum atomic E-state index is -0.0903. The summed E-state index contributed by atoms with van der Waals surface area (Å²) in [5.41, 5.74) is 2.17. The van der Waals surface area contributed by atoms with Gasteiger partial charge in [-0.2, -0.15) is 0 Å². The third-order valence-corrected chi connectivity index (χ3v) is 4.49. The summed E-state index contributed by atoms with van der Waals surface area (Å²) in [7, 11) is 0. The van der Waals surface area contributed by atoms with Crippen LogP contribution in [-0.2, 0) is 6.42 Å². The van der Waals surface area contributed by atoms with Crippen LogP contribution in [0.5, 0.6) is 0 Å². The molecule has 84 valence electrons. The summed E-state index contributed by atoms with van der Waals surface area (Å²) < 4.78 is 1.28. The molecule has 6 heteroatoms. The van der Waals surface area contributed by atoms with Gasteiger partial charge in [0, 0.05) is 16.8 Å². The summed E-state index contributed by atoms with van der Waals surface area (Å²) in [5.74, 6) is -0.0903. The molecule has 0 bridgehead atoms. The fraction of sp³-hybridized carbons (Fsp3) is 0.200. The van der Waals surface area contributed by atoms with E-state index in [0.29, 0.717) is 12.2 Å². The number of carbonyl (C=O) groups excluding carboxylic acids is 1. The largest absolute Gasteiger partial charge is 0.350 e. The third-order valence-electron chi connectivity index (χ3n) is 1.95. The number of halogens is 1. The molecule has 2 aromatic heterocycles. The molecular formula is C10H9IN2OS2. The van der Waals surface area contributed by atoms with Gasteiger partial charge in [-0.25, -0.2) is 4.98 Å². The maximum absolute atomic E-state index is 11.5. The molecule has 0 saturated heterocycles. The SMILES string of the molecule is O=C(NCCc1ccc(I)s1)c1cscn1. The molecule has 16 heavy (non-hydrogen) atoms. The normalized spacial score (nSPS) is 10.3. The Kier molecular flexibility index (Phi) is 4.30. The summed E-state index contributed by atoms with van der Waals surface area (Å²) in [6, 6.07) is 4.18. The first-order chi connectivity index (χ1) is 7.75. The standard InChI is InChI=1S/C10H9IN2OS2/c11-9-2-1-7(16-9)3-4-12-10(14)8-5-15-6-13-8/h1-2,5-6H,3-4H2,(H,12,14). The van der Waals surface area contributed by atoms with Crippen LogP contribution in [0.15, 0.2) is 23.0 Å². The Morgan fingerprint density at radius 3 is 3.00 bits per heavy atom. The number of rotatable bonds is 4. The van der Waals surface area contributed by atoms with Crippen molar-refractivity contribution in [2.24, 2.45) is 0 Å². The molecule has 0 saturated carbocycles. The highest BCUT2D eigenvalue weighted by Gasteiger charge is 2.06. The van der Waals surface area contributed by atoms with E-state index in [9.17, 15) is 4.79 Å². The lowest BCUT2D eigenvalue weighted by Crippen LogP contribution is -2.25. The monoisotopic (exact) mass is 364 g/mol. The Morgan fingerprint density at radius 2 is 2.38 bits per heavy atom. The molecule has 0 atom stereocenters. The van der Waals surface area contributed by atoms with Crippen LogP contribution in [0, 0.1) is 2.88 Å². The van der Waals surface area contributed by atoms with Crippen molar-refractivity contribution in [3.05, 3.63) is 36.5 Å². The summed E-state index contributed by atoms with van der Waals surface area (Å²) >= 11 is 5.49. The lowest BCUT2D eigenvalue weighted by Gasteiger charge is -2.00. The third kappa shape index (κ3) is 3.26. The maximum Gasteiger partial charge on any atom is 0.270 e. The molecule has 2 aromatic rings. The van der Waals surface area contributed by atoms with Gasteiger partial charge in [-0.05, 0) is 41.1 Å². The average molecular weight is 364 g/mol. The van der Waals surface area contributed by atoms with Gasteiger partial charge in [0.05, 0.1) is 8.39 Å². The van der Waals surface area contributed by atoms with E-state index >= 15 is 0 Å². The zero-order chi connectivity index (χ0) is 11.4. The molecule has 0 aliphatic rings. The summed E-state index contributed by atoms with van der Waals surface area (Å²) in [5, 5.41) is 4.61.